The highest BCUT2D eigenvalue weighted by Crippen LogP contribution is 2.34. The van der Waals surface area contributed by atoms with Gasteiger partial charge in [0.2, 0.25) is 0 Å². The van der Waals surface area contributed by atoms with Crippen LogP contribution in [0.3, 0.4) is 0 Å². The van der Waals surface area contributed by atoms with Crippen molar-refractivity contribution in [2.45, 2.75) is 39.2 Å². The summed E-state index contributed by atoms with van der Waals surface area (Å²) in [7, 11) is 0. The molecule has 1 unspecified atom stereocenters. The molecule has 1 aromatic rings. The summed E-state index contributed by atoms with van der Waals surface area (Å²) in [6, 6.07) is 11.5. The summed E-state index contributed by atoms with van der Waals surface area (Å²) in [5.74, 6) is 2.60. The molecule has 1 heterocycles. The van der Waals surface area contributed by atoms with Crippen LogP contribution in [-0.2, 0) is 6.42 Å². The first-order valence-electron chi connectivity index (χ1n) is 7.03. The fourth-order valence-electron chi connectivity index (χ4n) is 2.48. The normalized spacial score (nSPS) is 22.9. The number of nitrogens with one attached hydrogen (secondary N) is 1. The Labute approximate surface area is 116 Å². The molecule has 2 rings (SSSR count). The molecule has 2 heteroatoms. The van der Waals surface area contributed by atoms with E-state index in [0.29, 0.717) is 11.5 Å². The molecule has 1 aromatic carbocycles. The van der Waals surface area contributed by atoms with Crippen LogP contribution in [0.5, 0.6) is 0 Å². The molecule has 0 saturated carbocycles. The summed E-state index contributed by atoms with van der Waals surface area (Å²) < 4.78 is 0. The number of benzene rings is 1. The summed E-state index contributed by atoms with van der Waals surface area (Å²) in [4.78, 5) is 0. The molecule has 1 fully saturated rings. The Bertz CT molecular complexity index is 347. The fraction of sp³-hybridized carbons (Fsp3) is 0.625. The van der Waals surface area contributed by atoms with Gasteiger partial charge in [-0.1, -0.05) is 44.2 Å². The average molecular weight is 263 g/mol. The Hall–Kier alpha value is -0.470. The van der Waals surface area contributed by atoms with Gasteiger partial charge in [0.1, 0.15) is 0 Å². The van der Waals surface area contributed by atoms with Crippen LogP contribution in [0.1, 0.15) is 32.3 Å². The van der Waals surface area contributed by atoms with E-state index >= 15 is 0 Å². The maximum Gasteiger partial charge on any atom is 0.0209 e. The van der Waals surface area contributed by atoms with Gasteiger partial charge >= 0.3 is 0 Å². The molecule has 18 heavy (non-hydrogen) atoms. The molecule has 1 N–H and O–H groups in total. The Kier molecular flexibility index (Phi) is 5.13. The molecular weight excluding hydrogens is 238 g/mol. The van der Waals surface area contributed by atoms with E-state index in [2.05, 4.69) is 61.3 Å². The molecule has 1 atom stereocenters. The molecule has 1 aliphatic heterocycles. The van der Waals surface area contributed by atoms with Gasteiger partial charge < -0.3 is 5.32 Å². The van der Waals surface area contributed by atoms with Crippen LogP contribution in [-0.4, -0.2) is 24.1 Å². The monoisotopic (exact) mass is 263 g/mol. The third kappa shape index (κ3) is 4.03. The zero-order valence-corrected chi connectivity index (χ0v) is 12.4. The van der Waals surface area contributed by atoms with Gasteiger partial charge in [0.05, 0.1) is 0 Å². The summed E-state index contributed by atoms with van der Waals surface area (Å²) >= 11 is 2.10. The Morgan fingerprint density at radius 3 is 2.78 bits per heavy atom. The maximum absolute atomic E-state index is 3.76. The molecule has 1 nitrogen and oxygen atoms in total. The zero-order valence-electron chi connectivity index (χ0n) is 11.6. The van der Waals surface area contributed by atoms with Gasteiger partial charge in [-0.25, -0.2) is 0 Å². The van der Waals surface area contributed by atoms with Crippen molar-refractivity contribution in [3.63, 3.8) is 0 Å². The largest absolute Gasteiger partial charge is 0.313 e. The number of hydrogen-bond donors (Lipinski definition) is 1. The van der Waals surface area contributed by atoms with Gasteiger partial charge in [0.15, 0.2) is 0 Å². The van der Waals surface area contributed by atoms with E-state index < -0.39 is 0 Å². The van der Waals surface area contributed by atoms with Crippen LogP contribution in [0.2, 0.25) is 0 Å². The minimum absolute atomic E-state index is 0.470. The second-order valence-electron chi connectivity index (χ2n) is 5.91. The van der Waals surface area contributed by atoms with Crippen LogP contribution >= 0.6 is 11.8 Å². The first kappa shape index (κ1) is 14.0. The quantitative estimate of drug-likeness (QED) is 0.812. The van der Waals surface area contributed by atoms with Gasteiger partial charge in [-0.15, -0.1) is 0 Å². The molecule has 1 aliphatic rings. The molecule has 0 bridgehead atoms. The van der Waals surface area contributed by atoms with Crippen molar-refractivity contribution >= 4 is 11.8 Å². The van der Waals surface area contributed by atoms with E-state index in [1.165, 1.54) is 36.3 Å². The molecular formula is C16H25NS. The topological polar surface area (TPSA) is 12.0 Å². The van der Waals surface area contributed by atoms with Gasteiger partial charge in [-0.2, -0.15) is 11.8 Å². The third-order valence-electron chi connectivity index (χ3n) is 3.99. The lowest BCUT2D eigenvalue weighted by atomic mass is 9.82. The van der Waals surface area contributed by atoms with Crippen molar-refractivity contribution in [3.8, 4) is 0 Å². The van der Waals surface area contributed by atoms with Gasteiger partial charge in [-0.3, -0.25) is 0 Å². The maximum atomic E-state index is 3.76. The highest BCUT2D eigenvalue weighted by atomic mass is 32.2. The number of rotatable bonds is 5. The van der Waals surface area contributed by atoms with Crippen LogP contribution in [0.15, 0.2) is 30.3 Å². The minimum atomic E-state index is 0.470. The molecule has 0 amide bonds. The van der Waals surface area contributed by atoms with Gasteiger partial charge in [-0.05, 0) is 42.5 Å². The summed E-state index contributed by atoms with van der Waals surface area (Å²) in [5.41, 5.74) is 1.93. The van der Waals surface area contributed by atoms with Crippen LogP contribution in [0, 0.1) is 5.41 Å². The molecule has 0 radical (unpaired) electrons. The summed E-state index contributed by atoms with van der Waals surface area (Å²) in [6.45, 7) is 5.95. The van der Waals surface area contributed by atoms with E-state index in [0.717, 1.165) is 6.54 Å². The molecule has 100 valence electrons. The van der Waals surface area contributed by atoms with Gasteiger partial charge in [0.25, 0.3) is 0 Å². The Balaban J connectivity index is 1.69. The lowest BCUT2D eigenvalue weighted by molar-refractivity contribution is 0.246. The van der Waals surface area contributed by atoms with Crippen molar-refractivity contribution in [1.29, 1.82) is 0 Å². The number of thioether (sulfide) groups is 1. The van der Waals surface area contributed by atoms with E-state index in [9.17, 15) is 0 Å². The van der Waals surface area contributed by atoms with Crippen molar-refractivity contribution in [1.82, 2.24) is 5.32 Å². The first-order valence-corrected chi connectivity index (χ1v) is 8.19. The first-order chi connectivity index (χ1) is 8.68. The van der Waals surface area contributed by atoms with Crippen LogP contribution in [0.25, 0.3) is 0 Å². The number of aryl methyl sites for hydroxylation is 1. The molecule has 0 aromatic heterocycles. The summed E-state index contributed by atoms with van der Waals surface area (Å²) in [5, 5.41) is 3.76. The van der Waals surface area contributed by atoms with E-state index in [4.69, 9.17) is 0 Å². The lowest BCUT2D eigenvalue weighted by Crippen LogP contribution is -2.46. The standard InChI is InChI=1S/C16H25NS/c1-16(2)10-12-18-13-15(16)17-11-6-9-14-7-4-3-5-8-14/h3-5,7-8,15,17H,6,9-13H2,1-2H3. The predicted molar refractivity (Wildman–Crippen MR) is 82.3 cm³/mol. The van der Waals surface area contributed by atoms with E-state index in [1.807, 2.05) is 0 Å². The van der Waals surface area contributed by atoms with E-state index in [1.54, 1.807) is 0 Å². The average Bonchev–Trinajstić information content (AvgIpc) is 2.37. The SMILES string of the molecule is CC1(C)CCSCC1NCCCc1ccccc1. The Morgan fingerprint density at radius 2 is 2.06 bits per heavy atom. The minimum Gasteiger partial charge on any atom is -0.313 e. The van der Waals surface area contributed by atoms with Crippen LogP contribution in [0.4, 0.5) is 0 Å². The van der Waals surface area contributed by atoms with Crippen molar-refractivity contribution < 1.29 is 0 Å². The van der Waals surface area contributed by atoms with Crippen molar-refractivity contribution in [2.24, 2.45) is 5.41 Å². The fourth-order valence-corrected chi connectivity index (χ4v) is 4.13. The van der Waals surface area contributed by atoms with Gasteiger partial charge in [0, 0.05) is 11.8 Å². The second kappa shape index (κ2) is 6.63. The number of hydrogen-bond acceptors (Lipinski definition) is 2. The molecule has 0 aliphatic carbocycles. The van der Waals surface area contributed by atoms with E-state index in [-0.39, 0.29) is 0 Å². The van der Waals surface area contributed by atoms with Crippen LogP contribution < -0.4 is 5.32 Å². The smallest absolute Gasteiger partial charge is 0.0209 e. The lowest BCUT2D eigenvalue weighted by Gasteiger charge is -2.39. The predicted octanol–water partition coefficient (Wildman–Crippen LogP) is 3.74. The Morgan fingerprint density at radius 1 is 1.28 bits per heavy atom. The highest BCUT2D eigenvalue weighted by Gasteiger charge is 2.31. The third-order valence-corrected chi connectivity index (χ3v) is 5.06. The summed E-state index contributed by atoms with van der Waals surface area (Å²) in [6.07, 6.45) is 3.77. The zero-order chi connectivity index (χ0) is 12.8. The highest BCUT2D eigenvalue weighted by molar-refractivity contribution is 7.99. The molecule has 1 saturated heterocycles. The molecule has 0 spiro atoms. The van der Waals surface area contributed by atoms with Crippen molar-refractivity contribution in [2.75, 3.05) is 18.1 Å². The van der Waals surface area contributed by atoms with Crippen molar-refractivity contribution in [3.05, 3.63) is 35.9 Å². The second-order valence-corrected chi connectivity index (χ2v) is 7.06.